The van der Waals surface area contributed by atoms with Gasteiger partial charge in [0, 0.05) is 24.3 Å². The fraction of sp³-hybridized carbons (Fsp3) is 0.417. The highest BCUT2D eigenvalue weighted by Crippen LogP contribution is 2.29. The van der Waals surface area contributed by atoms with Gasteiger partial charge in [0.05, 0.1) is 19.2 Å². The number of hydrogen-bond donors (Lipinski definition) is 0. The summed E-state index contributed by atoms with van der Waals surface area (Å²) in [6, 6.07) is 10.3. The molecule has 2 aromatic rings. The summed E-state index contributed by atoms with van der Waals surface area (Å²) in [5, 5.41) is 0. The molecule has 1 aliphatic heterocycles. The van der Waals surface area contributed by atoms with E-state index in [1.54, 1.807) is 11.0 Å². The predicted molar refractivity (Wildman–Crippen MR) is 113 cm³/mol. The first-order valence-electron chi connectivity index (χ1n) is 10.6. The van der Waals surface area contributed by atoms with Gasteiger partial charge in [-0.3, -0.25) is 4.90 Å². The van der Waals surface area contributed by atoms with E-state index in [1.807, 2.05) is 11.0 Å². The van der Waals surface area contributed by atoms with E-state index < -0.39 is 11.8 Å². The van der Waals surface area contributed by atoms with Crippen molar-refractivity contribution in [3.63, 3.8) is 0 Å². The van der Waals surface area contributed by atoms with Gasteiger partial charge in [-0.05, 0) is 73.9 Å². The van der Waals surface area contributed by atoms with Crippen molar-refractivity contribution in [3.8, 4) is 0 Å². The lowest BCUT2D eigenvalue weighted by atomic mass is 10.1. The maximum absolute atomic E-state index is 14.8. The number of hydrogen-bond acceptors (Lipinski definition) is 3. The van der Waals surface area contributed by atoms with Gasteiger partial charge in [0.2, 0.25) is 0 Å². The number of carbonyl (C=O) groups excluding carboxylic acids is 2. The SMILES string of the molecule is COC(=O)c1ccc(CN(C(=O)N2CCCCC2)c2ccc3c(c2)CCC3)c(F)c1. The number of piperidine rings is 1. The number of halogens is 1. The summed E-state index contributed by atoms with van der Waals surface area (Å²) in [4.78, 5) is 28.6. The van der Waals surface area contributed by atoms with E-state index in [4.69, 9.17) is 0 Å². The summed E-state index contributed by atoms with van der Waals surface area (Å²) in [5.74, 6) is -1.10. The number of nitrogens with zero attached hydrogens (tertiary/aromatic N) is 2. The van der Waals surface area contributed by atoms with Crippen LogP contribution in [0.2, 0.25) is 0 Å². The molecule has 1 fully saturated rings. The second-order valence-electron chi connectivity index (χ2n) is 8.02. The summed E-state index contributed by atoms with van der Waals surface area (Å²) in [6.07, 6.45) is 6.32. The van der Waals surface area contributed by atoms with Gasteiger partial charge in [-0.1, -0.05) is 12.1 Å². The molecule has 0 radical (unpaired) electrons. The monoisotopic (exact) mass is 410 g/mol. The molecule has 0 bridgehead atoms. The molecule has 30 heavy (non-hydrogen) atoms. The van der Waals surface area contributed by atoms with Crippen molar-refractivity contribution in [2.24, 2.45) is 0 Å². The molecule has 2 aromatic carbocycles. The molecule has 1 aliphatic carbocycles. The third kappa shape index (κ3) is 4.18. The van der Waals surface area contributed by atoms with Crippen LogP contribution in [0.15, 0.2) is 36.4 Å². The number of fused-ring (bicyclic) bond motifs is 1. The van der Waals surface area contributed by atoms with E-state index in [0.717, 1.165) is 57.3 Å². The van der Waals surface area contributed by atoms with Crippen LogP contribution in [0.5, 0.6) is 0 Å². The van der Waals surface area contributed by atoms with Crippen molar-refractivity contribution in [1.82, 2.24) is 4.90 Å². The molecule has 2 amide bonds. The van der Waals surface area contributed by atoms with Crippen LogP contribution in [0.3, 0.4) is 0 Å². The van der Waals surface area contributed by atoms with Crippen molar-refractivity contribution in [3.05, 3.63) is 64.5 Å². The Kier molecular flexibility index (Phi) is 6.02. The normalized spacial score (nSPS) is 15.6. The number of ether oxygens (including phenoxy) is 1. The number of anilines is 1. The molecule has 0 unspecified atom stereocenters. The second kappa shape index (κ2) is 8.86. The molecule has 5 nitrogen and oxygen atoms in total. The molecule has 1 heterocycles. The highest BCUT2D eigenvalue weighted by Gasteiger charge is 2.26. The number of urea groups is 1. The van der Waals surface area contributed by atoms with Crippen LogP contribution in [-0.2, 0) is 24.1 Å². The molecule has 0 N–H and O–H groups in total. The largest absolute Gasteiger partial charge is 0.465 e. The number of carbonyl (C=O) groups is 2. The van der Waals surface area contributed by atoms with Gasteiger partial charge in [0.25, 0.3) is 0 Å². The maximum Gasteiger partial charge on any atom is 0.337 e. The molecule has 6 heteroatoms. The number of likely N-dealkylation sites (tertiary alicyclic amines) is 1. The Hall–Kier alpha value is -2.89. The second-order valence-corrected chi connectivity index (χ2v) is 8.02. The average Bonchev–Trinajstić information content (AvgIpc) is 3.25. The number of benzene rings is 2. The molecule has 0 spiro atoms. The van der Waals surface area contributed by atoms with Crippen molar-refractivity contribution in [2.75, 3.05) is 25.1 Å². The first kappa shape index (κ1) is 20.4. The molecule has 2 aliphatic rings. The Morgan fingerprint density at radius 1 is 1.00 bits per heavy atom. The van der Waals surface area contributed by atoms with Gasteiger partial charge in [-0.15, -0.1) is 0 Å². The highest BCUT2D eigenvalue weighted by atomic mass is 19.1. The summed E-state index contributed by atoms with van der Waals surface area (Å²) in [6.45, 7) is 1.56. The lowest BCUT2D eigenvalue weighted by Gasteiger charge is -2.33. The van der Waals surface area contributed by atoms with Crippen molar-refractivity contribution in [1.29, 1.82) is 0 Å². The number of methoxy groups -OCH3 is 1. The fourth-order valence-corrected chi connectivity index (χ4v) is 4.34. The molecule has 158 valence electrons. The van der Waals surface area contributed by atoms with Gasteiger partial charge in [0.15, 0.2) is 0 Å². The van der Waals surface area contributed by atoms with Crippen LogP contribution in [0, 0.1) is 5.82 Å². The van der Waals surface area contributed by atoms with Crippen LogP contribution >= 0.6 is 0 Å². The van der Waals surface area contributed by atoms with E-state index in [-0.39, 0.29) is 18.1 Å². The fourth-order valence-electron chi connectivity index (χ4n) is 4.34. The topological polar surface area (TPSA) is 49.9 Å². The Labute approximate surface area is 176 Å². The van der Waals surface area contributed by atoms with Crippen LogP contribution in [0.25, 0.3) is 0 Å². The van der Waals surface area contributed by atoms with Crippen LogP contribution < -0.4 is 4.90 Å². The Morgan fingerprint density at radius 2 is 1.77 bits per heavy atom. The van der Waals surface area contributed by atoms with Crippen LogP contribution in [-0.4, -0.2) is 37.1 Å². The number of esters is 1. The number of aryl methyl sites for hydroxylation is 2. The zero-order valence-electron chi connectivity index (χ0n) is 17.3. The highest BCUT2D eigenvalue weighted by molar-refractivity contribution is 5.92. The Balaban J connectivity index is 1.65. The first-order chi connectivity index (χ1) is 14.6. The third-order valence-corrected chi connectivity index (χ3v) is 6.05. The zero-order valence-corrected chi connectivity index (χ0v) is 17.3. The Morgan fingerprint density at radius 3 is 2.50 bits per heavy atom. The number of rotatable bonds is 4. The van der Waals surface area contributed by atoms with Gasteiger partial charge in [-0.25, -0.2) is 14.0 Å². The molecular weight excluding hydrogens is 383 g/mol. The van der Waals surface area contributed by atoms with E-state index in [1.165, 1.54) is 30.4 Å². The standard InChI is InChI=1S/C24H27FN2O3/c1-30-23(28)19-8-9-20(22(25)15-19)16-27(24(29)26-12-3-2-4-13-26)21-11-10-17-6-5-7-18(17)14-21/h8-11,14-15H,2-7,12-13,16H2,1H3. The maximum atomic E-state index is 14.8. The zero-order chi connectivity index (χ0) is 21.1. The predicted octanol–water partition coefficient (Wildman–Crippen LogP) is 4.71. The van der Waals surface area contributed by atoms with Crippen molar-refractivity contribution in [2.45, 2.75) is 45.1 Å². The third-order valence-electron chi connectivity index (χ3n) is 6.05. The molecule has 4 rings (SSSR count). The smallest absolute Gasteiger partial charge is 0.337 e. The van der Waals surface area contributed by atoms with E-state index in [0.29, 0.717) is 5.56 Å². The van der Waals surface area contributed by atoms with Gasteiger partial charge in [0.1, 0.15) is 5.82 Å². The Bertz CT molecular complexity index is 953. The molecule has 0 aromatic heterocycles. The van der Waals surface area contributed by atoms with E-state index >= 15 is 0 Å². The first-order valence-corrected chi connectivity index (χ1v) is 10.6. The van der Waals surface area contributed by atoms with Crippen molar-refractivity contribution < 1.29 is 18.7 Å². The van der Waals surface area contributed by atoms with E-state index in [2.05, 4.69) is 16.9 Å². The lowest BCUT2D eigenvalue weighted by Crippen LogP contribution is -2.45. The van der Waals surface area contributed by atoms with Crippen molar-refractivity contribution >= 4 is 17.7 Å². The molecule has 1 saturated heterocycles. The quantitative estimate of drug-likeness (QED) is 0.686. The van der Waals surface area contributed by atoms with Gasteiger partial charge in [-0.2, -0.15) is 0 Å². The summed E-state index contributed by atoms with van der Waals surface area (Å²) in [5.41, 5.74) is 3.92. The van der Waals surface area contributed by atoms with Crippen LogP contribution in [0.1, 0.15) is 52.7 Å². The summed E-state index contributed by atoms with van der Waals surface area (Å²) in [7, 11) is 1.26. The molecule has 0 atom stereocenters. The number of amides is 2. The van der Waals surface area contributed by atoms with E-state index in [9.17, 15) is 14.0 Å². The molecular formula is C24H27FN2O3. The van der Waals surface area contributed by atoms with Crippen LogP contribution in [0.4, 0.5) is 14.9 Å². The molecule has 0 saturated carbocycles. The van der Waals surface area contributed by atoms with Gasteiger partial charge < -0.3 is 9.64 Å². The minimum Gasteiger partial charge on any atom is -0.465 e. The average molecular weight is 410 g/mol. The summed E-state index contributed by atoms with van der Waals surface area (Å²) < 4.78 is 19.5. The summed E-state index contributed by atoms with van der Waals surface area (Å²) >= 11 is 0. The minimum atomic E-state index is -0.583. The minimum absolute atomic E-state index is 0.0934. The lowest BCUT2D eigenvalue weighted by molar-refractivity contribution is 0.0600. The van der Waals surface area contributed by atoms with Gasteiger partial charge >= 0.3 is 12.0 Å².